The van der Waals surface area contributed by atoms with Crippen molar-refractivity contribution < 1.29 is 13.5 Å². The largest absolute Gasteiger partial charge is 0.487 e. The molecule has 0 radical (unpaired) electrons. The second-order valence-corrected chi connectivity index (χ2v) is 2.48. The number of ether oxygens (including phenoxy) is 1. The zero-order chi connectivity index (χ0) is 8.48. The van der Waals surface area contributed by atoms with E-state index in [2.05, 4.69) is 4.74 Å². The number of nitrogens with two attached hydrogens (primary N) is 1. The van der Waals surface area contributed by atoms with Gasteiger partial charge in [-0.3, -0.25) is 0 Å². The molecule has 62 valence electrons. The van der Waals surface area contributed by atoms with Crippen molar-refractivity contribution in [2.45, 2.75) is 12.8 Å². The summed E-state index contributed by atoms with van der Waals surface area (Å²) >= 11 is 0. The molecule has 1 heterocycles. The van der Waals surface area contributed by atoms with Gasteiger partial charge in [0.05, 0.1) is 0 Å². The van der Waals surface area contributed by atoms with Crippen molar-refractivity contribution in [2.24, 2.45) is 5.73 Å². The first-order chi connectivity index (χ1) is 4.99. The molecular weight excluding hydrogens is 152 g/mol. The molecule has 1 aliphatic rings. The summed E-state index contributed by atoms with van der Waals surface area (Å²) in [6.45, 7) is 1.03. The topological polar surface area (TPSA) is 35.2 Å². The highest BCUT2D eigenvalue weighted by molar-refractivity contribution is 5.21. The molecule has 2 nitrogen and oxygen atoms in total. The second kappa shape index (κ2) is 2.53. The normalized spacial score (nSPS) is 22.8. The van der Waals surface area contributed by atoms with Crippen molar-refractivity contribution in [3.05, 3.63) is 23.6 Å². The third-order valence-corrected chi connectivity index (χ3v) is 1.15. The van der Waals surface area contributed by atoms with Gasteiger partial charge in [0, 0.05) is 11.8 Å². The first-order valence-corrected chi connectivity index (χ1v) is 3.17. The van der Waals surface area contributed by atoms with E-state index >= 15 is 0 Å². The zero-order valence-corrected chi connectivity index (χ0v) is 6.10. The van der Waals surface area contributed by atoms with Gasteiger partial charge in [0.25, 0.3) is 0 Å². The van der Waals surface area contributed by atoms with E-state index in [1.165, 1.54) is 6.08 Å². The summed E-state index contributed by atoms with van der Waals surface area (Å²) in [4.78, 5) is 0. The molecule has 0 spiro atoms. The molecule has 0 saturated carbocycles. The van der Waals surface area contributed by atoms with Crippen LogP contribution in [0.15, 0.2) is 23.6 Å². The summed E-state index contributed by atoms with van der Waals surface area (Å²) in [5.41, 5.74) is 5.71. The molecule has 2 N–H and O–H groups in total. The van der Waals surface area contributed by atoms with E-state index in [9.17, 15) is 8.78 Å². The van der Waals surface area contributed by atoms with E-state index in [4.69, 9.17) is 5.73 Å². The van der Waals surface area contributed by atoms with E-state index in [1.54, 1.807) is 6.92 Å². The molecule has 11 heavy (non-hydrogen) atoms. The molecule has 0 saturated heterocycles. The molecule has 0 aromatic heterocycles. The molecule has 0 aromatic carbocycles. The molecular formula is C7H9F2NO. The minimum atomic E-state index is -2.83. The van der Waals surface area contributed by atoms with Crippen molar-refractivity contribution in [3.8, 4) is 0 Å². The first kappa shape index (κ1) is 8.04. The summed E-state index contributed by atoms with van der Waals surface area (Å²) in [7, 11) is 0. The lowest BCUT2D eigenvalue weighted by Gasteiger charge is -2.00. The summed E-state index contributed by atoms with van der Waals surface area (Å²) < 4.78 is 29.4. The van der Waals surface area contributed by atoms with Gasteiger partial charge in [0.2, 0.25) is 0 Å². The molecule has 0 aromatic rings. The van der Waals surface area contributed by atoms with Crippen LogP contribution in [-0.2, 0) is 4.74 Å². The maximum Gasteiger partial charge on any atom is 0.303 e. The lowest BCUT2D eigenvalue weighted by molar-refractivity contribution is 0.0120. The quantitative estimate of drug-likeness (QED) is 0.630. The van der Waals surface area contributed by atoms with Gasteiger partial charge in [-0.25, -0.2) is 0 Å². The van der Waals surface area contributed by atoms with Crippen LogP contribution in [0.3, 0.4) is 0 Å². The highest BCUT2D eigenvalue weighted by Crippen LogP contribution is 2.26. The number of alkyl halides is 2. The Morgan fingerprint density at radius 3 is 2.82 bits per heavy atom. The predicted octanol–water partition coefficient (Wildman–Crippen LogP) is 1.40. The number of halogens is 2. The molecule has 0 atom stereocenters. The molecule has 0 fully saturated rings. The van der Waals surface area contributed by atoms with E-state index in [-0.39, 0.29) is 5.76 Å². The highest BCUT2D eigenvalue weighted by Gasteiger charge is 2.33. The van der Waals surface area contributed by atoms with Crippen molar-refractivity contribution in [1.29, 1.82) is 0 Å². The van der Waals surface area contributed by atoms with Gasteiger partial charge in [-0.05, 0) is 13.0 Å². The third kappa shape index (κ3) is 2.22. The summed E-state index contributed by atoms with van der Waals surface area (Å²) in [6.07, 6.45) is 2.14. The number of allylic oxidation sites excluding steroid dienone is 2. The Morgan fingerprint density at radius 2 is 2.45 bits per heavy atom. The lowest BCUT2D eigenvalue weighted by atomic mass is 10.3. The fourth-order valence-corrected chi connectivity index (χ4v) is 0.779. The lowest BCUT2D eigenvalue weighted by Crippen LogP contribution is -2.12. The summed E-state index contributed by atoms with van der Waals surface area (Å²) in [5.74, 6) is -2.68. The fourth-order valence-electron chi connectivity index (χ4n) is 0.779. The smallest absolute Gasteiger partial charge is 0.303 e. The van der Waals surface area contributed by atoms with Gasteiger partial charge < -0.3 is 10.5 Å². The maximum absolute atomic E-state index is 12.4. The van der Waals surface area contributed by atoms with Gasteiger partial charge in [-0.2, -0.15) is 8.78 Å². The summed E-state index contributed by atoms with van der Waals surface area (Å²) in [6, 6.07) is 0. The van der Waals surface area contributed by atoms with Crippen LogP contribution >= 0.6 is 0 Å². The zero-order valence-electron chi connectivity index (χ0n) is 6.10. The molecule has 0 bridgehead atoms. The van der Waals surface area contributed by atoms with Crippen LogP contribution in [-0.4, -0.2) is 12.5 Å². The van der Waals surface area contributed by atoms with E-state index in [0.29, 0.717) is 5.70 Å². The number of hydrogen-bond acceptors (Lipinski definition) is 2. The van der Waals surface area contributed by atoms with Crippen molar-refractivity contribution >= 4 is 0 Å². The standard InChI is InChI=1S/C7H9F2NO/c1-5(10)2-6-3-7(8,9)4-11-6/h2-3H,4,10H2,1H3/b5-2-. The minimum absolute atomic E-state index is 0.148. The molecule has 0 unspecified atom stereocenters. The Bertz CT molecular complexity index is 216. The SMILES string of the molecule is C/C(N)=C/C1=CC(F)(F)CO1. The predicted molar refractivity (Wildman–Crippen MR) is 36.9 cm³/mol. The van der Waals surface area contributed by atoms with E-state index < -0.39 is 12.5 Å². The van der Waals surface area contributed by atoms with Gasteiger partial charge in [0.15, 0.2) is 6.61 Å². The van der Waals surface area contributed by atoms with Gasteiger partial charge in [-0.15, -0.1) is 0 Å². The van der Waals surface area contributed by atoms with E-state index in [1.807, 2.05) is 0 Å². The van der Waals surface area contributed by atoms with Gasteiger partial charge in [-0.1, -0.05) is 0 Å². The molecule has 0 amide bonds. The number of rotatable bonds is 1. The van der Waals surface area contributed by atoms with Crippen LogP contribution in [0, 0.1) is 0 Å². The Kier molecular flexibility index (Phi) is 1.85. The maximum atomic E-state index is 12.4. The third-order valence-electron chi connectivity index (χ3n) is 1.15. The van der Waals surface area contributed by atoms with Crippen LogP contribution in [0.25, 0.3) is 0 Å². The van der Waals surface area contributed by atoms with Gasteiger partial charge in [0.1, 0.15) is 5.76 Å². The molecule has 4 heteroatoms. The van der Waals surface area contributed by atoms with Crippen molar-refractivity contribution in [1.82, 2.24) is 0 Å². The fraction of sp³-hybridized carbons (Fsp3) is 0.429. The first-order valence-electron chi connectivity index (χ1n) is 3.17. The Balaban J connectivity index is 2.71. The Labute approximate surface area is 63.3 Å². The Hall–Kier alpha value is -1.06. The van der Waals surface area contributed by atoms with Crippen molar-refractivity contribution in [3.63, 3.8) is 0 Å². The van der Waals surface area contributed by atoms with Crippen LogP contribution in [0.4, 0.5) is 8.78 Å². The highest BCUT2D eigenvalue weighted by atomic mass is 19.3. The Morgan fingerprint density at radius 1 is 1.82 bits per heavy atom. The van der Waals surface area contributed by atoms with E-state index in [0.717, 1.165) is 6.08 Å². The second-order valence-electron chi connectivity index (χ2n) is 2.48. The van der Waals surface area contributed by atoms with Crippen LogP contribution < -0.4 is 5.73 Å². The monoisotopic (exact) mass is 161 g/mol. The van der Waals surface area contributed by atoms with Crippen LogP contribution in [0.2, 0.25) is 0 Å². The summed E-state index contributed by atoms with van der Waals surface area (Å²) in [5, 5.41) is 0. The molecule has 0 aliphatic carbocycles. The molecule has 1 rings (SSSR count). The average molecular weight is 161 g/mol. The number of hydrogen-bond donors (Lipinski definition) is 1. The van der Waals surface area contributed by atoms with Crippen LogP contribution in [0.5, 0.6) is 0 Å². The average Bonchev–Trinajstić information content (AvgIpc) is 2.08. The van der Waals surface area contributed by atoms with Crippen molar-refractivity contribution in [2.75, 3.05) is 6.61 Å². The minimum Gasteiger partial charge on any atom is -0.487 e. The van der Waals surface area contributed by atoms with Gasteiger partial charge >= 0.3 is 5.92 Å². The van der Waals surface area contributed by atoms with Crippen LogP contribution in [0.1, 0.15) is 6.92 Å². The molecule has 1 aliphatic heterocycles.